The molecule has 17 heavy (non-hydrogen) atoms. The van der Waals surface area contributed by atoms with Crippen molar-refractivity contribution in [3.05, 3.63) is 0 Å². The summed E-state index contributed by atoms with van der Waals surface area (Å²) >= 11 is 0. The van der Waals surface area contributed by atoms with E-state index in [2.05, 4.69) is 17.6 Å². The van der Waals surface area contributed by atoms with Gasteiger partial charge in [0, 0.05) is 26.3 Å². The van der Waals surface area contributed by atoms with Gasteiger partial charge in [-0.05, 0) is 38.0 Å². The summed E-state index contributed by atoms with van der Waals surface area (Å²) < 4.78 is 4.92. The van der Waals surface area contributed by atoms with Crippen molar-refractivity contribution in [2.45, 2.75) is 45.1 Å². The molecule has 0 aromatic rings. The number of nitrogens with one attached hydrogen (secondary N) is 2. The van der Waals surface area contributed by atoms with Gasteiger partial charge in [0.2, 0.25) is 5.91 Å². The molecule has 0 aromatic heterocycles. The molecule has 0 spiro atoms. The van der Waals surface area contributed by atoms with Gasteiger partial charge in [-0.15, -0.1) is 0 Å². The van der Waals surface area contributed by atoms with E-state index in [1.165, 1.54) is 25.7 Å². The van der Waals surface area contributed by atoms with Crippen LogP contribution in [-0.4, -0.2) is 38.8 Å². The molecule has 0 unspecified atom stereocenters. The van der Waals surface area contributed by atoms with E-state index in [0.717, 1.165) is 12.3 Å². The highest BCUT2D eigenvalue weighted by molar-refractivity contribution is 5.77. The number of amides is 1. The second-order valence-corrected chi connectivity index (χ2v) is 5.03. The van der Waals surface area contributed by atoms with Crippen molar-refractivity contribution < 1.29 is 9.53 Å². The predicted molar refractivity (Wildman–Crippen MR) is 68.9 cm³/mol. The van der Waals surface area contributed by atoms with Crippen LogP contribution in [0.2, 0.25) is 0 Å². The molecule has 0 aromatic carbocycles. The molecule has 0 heterocycles. The zero-order valence-electron chi connectivity index (χ0n) is 11.1. The van der Waals surface area contributed by atoms with Gasteiger partial charge in [0.05, 0.1) is 6.54 Å². The maximum absolute atomic E-state index is 11.5. The minimum Gasteiger partial charge on any atom is -0.385 e. The Bertz CT molecular complexity index is 213. The molecule has 1 amide bonds. The molecule has 100 valence electrons. The molecule has 0 saturated heterocycles. The van der Waals surface area contributed by atoms with Crippen molar-refractivity contribution in [2.24, 2.45) is 5.92 Å². The molecule has 0 bridgehead atoms. The van der Waals surface area contributed by atoms with Crippen molar-refractivity contribution in [1.82, 2.24) is 10.6 Å². The number of hydrogen-bond donors (Lipinski definition) is 2. The first kappa shape index (κ1) is 14.5. The van der Waals surface area contributed by atoms with Gasteiger partial charge in [-0.2, -0.15) is 0 Å². The summed E-state index contributed by atoms with van der Waals surface area (Å²) in [6.45, 7) is 4.16. The smallest absolute Gasteiger partial charge is 0.233 e. The van der Waals surface area contributed by atoms with Crippen LogP contribution in [0.15, 0.2) is 0 Å². The van der Waals surface area contributed by atoms with Gasteiger partial charge in [-0.1, -0.05) is 6.92 Å². The van der Waals surface area contributed by atoms with E-state index in [9.17, 15) is 4.79 Å². The second-order valence-electron chi connectivity index (χ2n) is 5.03. The van der Waals surface area contributed by atoms with E-state index in [1.807, 2.05) is 0 Å². The highest BCUT2D eigenvalue weighted by Gasteiger charge is 2.17. The van der Waals surface area contributed by atoms with Crippen molar-refractivity contribution in [3.8, 4) is 0 Å². The van der Waals surface area contributed by atoms with E-state index in [0.29, 0.717) is 25.7 Å². The predicted octanol–water partition coefficient (Wildman–Crippen LogP) is 1.31. The minimum atomic E-state index is 0.0970. The monoisotopic (exact) mass is 242 g/mol. The largest absolute Gasteiger partial charge is 0.385 e. The van der Waals surface area contributed by atoms with Crippen LogP contribution in [0.25, 0.3) is 0 Å². The average Bonchev–Trinajstić information content (AvgIpc) is 2.34. The van der Waals surface area contributed by atoms with Crippen LogP contribution in [0.1, 0.15) is 39.0 Å². The zero-order valence-corrected chi connectivity index (χ0v) is 11.1. The number of carbonyl (C=O) groups excluding carboxylic acids is 1. The van der Waals surface area contributed by atoms with E-state index < -0.39 is 0 Å². The highest BCUT2D eigenvalue weighted by atomic mass is 16.5. The number of ether oxygens (including phenoxy) is 1. The summed E-state index contributed by atoms with van der Waals surface area (Å²) in [5, 5.41) is 6.22. The van der Waals surface area contributed by atoms with Crippen molar-refractivity contribution >= 4 is 5.91 Å². The highest BCUT2D eigenvalue weighted by Crippen LogP contribution is 2.23. The van der Waals surface area contributed by atoms with Gasteiger partial charge in [0.25, 0.3) is 0 Å². The first-order valence-corrected chi connectivity index (χ1v) is 6.71. The Balaban J connectivity index is 1.99. The topological polar surface area (TPSA) is 50.4 Å². The van der Waals surface area contributed by atoms with Gasteiger partial charge in [-0.3, -0.25) is 4.79 Å². The fourth-order valence-corrected chi connectivity index (χ4v) is 2.21. The molecule has 0 atom stereocenters. The number of rotatable bonds is 7. The fourth-order valence-electron chi connectivity index (χ4n) is 2.21. The molecule has 1 aliphatic carbocycles. The lowest BCUT2D eigenvalue weighted by Crippen LogP contribution is -2.41. The van der Waals surface area contributed by atoms with E-state index >= 15 is 0 Å². The molecule has 1 aliphatic rings. The van der Waals surface area contributed by atoms with E-state index in [4.69, 9.17) is 4.74 Å². The molecular weight excluding hydrogens is 216 g/mol. The number of hydrogen-bond acceptors (Lipinski definition) is 3. The summed E-state index contributed by atoms with van der Waals surface area (Å²) in [6.07, 6.45) is 5.86. The first-order valence-electron chi connectivity index (χ1n) is 6.71. The molecule has 1 saturated carbocycles. The second kappa shape index (κ2) is 8.48. The Morgan fingerprint density at radius 1 is 1.29 bits per heavy atom. The van der Waals surface area contributed by atoms with Crippen LogP contribution >= 0.6 is 0 Å². The zero-order chi connectivity index (χ0) is 12.5. The molecule has 1 fully saturated rings. The van der Waals surface area contributed by atoms with Crippen LogP contribution in [-0.2, 0) is 9.53 Å². The van der Waals surface area contributed by atoms with Gasteiger partial charge in [-0.25, -0.2) is 0 Å². The average molecular weight is 242 g/mol. The molecule has 1 rings (SSSR count). The fraction of sp³-hybridized carbons (Fsp3) is 0.923. The normalized spacial score (nSPS) is 24.6. The summed E-state index contributed by atoms with van der Waals surface area (Å²) in [7, 11) is 1.67. The number of methoxy groups -OCH3 is 1. The summed E-state index contributed by atoms with van der Waals surface area (Å²) in [5.41, 5.74) is 0. The molecular formula is C13H26N2O2. The van der Waals surface area contributed by atoms with Gasteiger partial charge < -0.3 is 15.4 Å². The summed E-state index contributed by atoms with van der Waals surface area (Å²) in [6, 6.07) is 0.538. The lowest BCUT2D eigenvalue weighted by atomic mass is 9.87. The Labute approximate surface area is 104 Å². The maximum Gasteiger partial charge on any atom is 0.233 e. The Morgan fingerprint density at radius 3 is 2.65 bits per heavy atom. The molecule has 4 heteroatoms. The van der Waals surface area contributed by atoms with Gasteiger partial charge in [0.1, 0.15) is 0 Å². The third kappa shape index (κ3) is 6.64. The Morgan fingerprint density at radius 2 is 2.00 bits per heavy atom. The standard InChI is InChI=1S/C13H26N2O2/c1-11-4-6-12(7-5-11)15-10-13(16)14-8-3-9-17-2/h11-12,15H,3-10H2,1-2H3,(H,14,16). The van der Waals surface area contributed by atoms with Gasteiger partial charge in [0.15, 0.2) is 0 Å². The molecule has 2 N–H and O–H groups in total. The van der Waals surface area contributed by atoms with Crippen LogP contribution < -0.4 is 10.6 Å². The van der Waals surface area contributed by atoms with Gasteiger partial charge >= 0.3 is 0 Å². The SMILES string of the molecule is COCCCNC(=O)CNC1CCC(C)CC1. The third-order valence-electron chi connectivity index (χ3n) is 3.41. The quantitative estimate of drug-likeness (QED) is 0.662. The van der Waals surface area contributed by atoms with Crippen molar-refractivity contribution in [2.75, 3.05) is 26.8 Å². The van der Waals surface area contributed by atoms with Crippen LogP contribution in [0.4, 0.5) is 0 Å². The van der Waals surface area contributed by atoms with E-state index in [-0.39, 0.29) is 5.91 Å². The first-order chi connectivity index (χ1) is 8.22. The third-order valence-corrected chi connectivity index (χ3v) is 3.41. The van der Waals surface area contributed by atoms with E-state index in [1.54, 1.807) is 7.11 Å². The van der Waals surface area contributed by atoms with Crippen LogP contribution in [0, 0.1) is 5.92 Å². The lowest BCUT2D eigenvalue weighted by molar-refractivity contribution is -0.120. The number of carbonyl (C=O) groups is 1. The Hall–Kier alpha value is -0.610. The summed E-state index contributed by atoms with van der Waals surface area (Å²) in [4.78, 5) is 11.5. The van der Waals surface area contributed by atoms with Crippen molar-refractivity contribution in [1.29, 1.82) is 0 Å². The minimum absolute atomic E-state index is 0.0970. The molecule has 0 aliphatic heterocycles. The van der Waals surface area contributed by atoms with Crippen molar-refractivity contribution in [3.63, 3.8) is 0 Å². The molecule has 4 nitrogen and oxygen atoms in total. The Kier molecular flexibility index (Phi) is 7.21. The lowest BCUT2D eigenvalue weighted by Gasteiger charge is -2.26. The van der Waals surface area contributed by atoms with Crippen LogP contribution in [0.5, 0.6) is 0 Å². The van der Waals surface area contributed by atoms with Crippen LogP contribution in [0.3, 0.4) is 0 Å². The molecule has 0 radical (unpaired) electrons. The summed E-state index contributed by atoms with van der Waals surface area (Å²) in [5.74, 6) is 0.954. The maximum atomic E-state index is 11.5.